The summed E-state index contributed by atoms with van der Waals surface area (Å²) in [6.45, 7) is 4.43. The largest absolute Gasteiger partial charge is 0.480 e. The van der Waals surface area contributed by atoms with E-state index < -0.39 is 11.5 Å². The van der Waals surface area contributed by atoms with E-state index in [0.717, 1.165) is 11.7 Å². The van der Waals surface area contributed by atoms with Crippen LogP contribution in [0.15, 0.2) is 0 Å². The van der Waals surface area contributed by atoms with Gasteiger partial charge in [0.1, 0.15) is 5.54 Å². The molecule has 0 radical (unpaired) electrons. The molecular formula is C12H23NO2S. The van der Waals surface area contributed by atoms with Gasteiger partial charge in [-0.15, -0.1) is 0 Å². The van der Waals surface area contributed by atoms with Gasteiger partial charge in [0.25, 0.3) is 0 Å². The predicted molar refractivity (Wildman–Crippen MR) is 69.0 cm³/mol. The average Bonchev–Trinajstić information content (AvgIpc) is 2.70. The first-order chi connectivity index (χ1) is 7.58. The smallest absolute Gasteiger partial charge is 0.324 e. The molecule has 0 aromatic rings. The van der Waals surface area contributed by atoms with E-state index in [0.29, 0.717) is 12.3 Å². The third kappa shape index (κ3) is 3.98. The van der Waals surface area contributed by atoms with E-state index >= 15 is 0 Å². The first-order valence-corrected chi connectivity index (χ1v) is 7.30. The van der Waals surface area contributed by atoms with Crippen molar-refractivity contribution in [1.82, 2.24) is 5.32 Å². The minimum atomic E-state index is -0.766. The second kappa shape index (κ2) is 6.50. The van der Waals surface area contributed by atoms with E-state index in [9.17, 15) is 9.90 Å². The molecule has 94 valence electrons. The standard InChI is InChI=1S/C12H23NO2S/c1-3-13-12(2,11(14)15)9-16-8-10-6-4-5-7-10/h10,13H,3-9H2,1-2H3,(H,14,15). The molecule has 1 aliphatic rings. The van der Waals surface area contributed by atoms with Crippen molar-refractivity contribution in [2.45, 2.75) is 45.1 Å². The maximum absolute atomic E-state index is 11.2. The number of hydrogen-bond acceptors (Lipinski definition) is 3. The molecule has 1 fully saturated rings. The molecule has 3 nitrogen and oxygen atoms in total. The number of carboxylic acids is 1. The van der Waals surface area contributed by atoms with Gasteiger partial charge in [-0.25, -0.2) is 0 Å². The fraction of sp³-hybridized carbons (Fsp3) is 0.917. The Hall–Kier alpha value is -0.220. The van der Waals surface area contributed by atoms with Crippen molar-refractivity contribution >= 4 is 17.7 Å². The lowest BCUT2D eigenvalue weighted by atomic mass is 10.1. The first kappa shape index (κ1) is 13.8. The number of likely N-dealkylation sites (N-methyl/N-ethyl adjacent to an activating group) is 1. The van der Waals surface area contributed by atoms with Gasteiger partial charge in [0.05, 0.1) is 0 Å². The van der Waals surface area contributed by atoms with Crippen molar-refractivity contribution in [1.29, 1.82) is 0 Å². The van der Waals surface area contributed by atoms with E-state index in [2.05, 4.69) is 5.32 Å². The average molecular weight is 245 g/mol. The predicted octanol–water partition coefficient (Wildman–Crippen LogP) is 2.36. The molecule has 0 saturated heterocycles. The number of nitrogens with one attached hydrogen (secondary N) is 1. The Balaban J connectivity index is 2.29. The van der Waals surface area contributed by atoms with Crippen LogP contribution in [0.5, 0.6) is 0 Å². The number of aliphatic carboxylic acids is 1. The molecule has 0 amide bonds. The van der Waals surface area contributed by atoms with Gasteiger partial charge in [0.2, 0.25) is 0 Å². The van der Waals surface area contributed by atoms with Gasteiger partial charge >= 0.3 is 5.97 Å². The number of thioether (sulfide) groups is 1. The highest BCUT2D eigenvalue weighted by molar-refractivity contribution is 7.99. The van der Waals surface area contributed by atoms with E-state index in [1.807, 2.05) is 6.92 Å². The highest BCUT2D eigenvalue weighted by atomic mass is 32.2. The summed E-state index contributed by atoms with van der Waals surface area (Å²) >= 11 is 1.78. The molecule has 1 unspecified atom stereocenters. The Morgan fingerprint density at radius 2 is 2.12 bits per heavy atom. The van der Waals surface area contributed by atoms with Crippen LogP contribution in [0, 0.1) is 5.92 Å². The molecule has 0 spiro atoms. The van der Waals surface area contributed by atoms with Gasteiger partial charge in [-0.2, -0.15) is 11.8 Å². The highest BCUT2D eigenvalue weighted by Gasteiger charge is 2.32. The van der Waals surface area contributed by atoms with Crippen LogP contribution in [0.2, 0.25) is 0 Å². The van der Waals surface area contributed by atoms with Crippen molar-refractivity contribution < 1.29 is 9.90 Å². The van der Waals surface area contributed by atoms with Crippen LogP contribution in [-0.4, -0.2) is 34.7 Å². The van der Waals surface area contributed by atoms with Crippen LogP contribution in [0.1, 0.15) is 39.5 Å². The van der Waals surface area contributed by atoms with Crippen molar-refractivity contribution in [2.24, 2.45) is 5.92 Å². The summed E-state index contributed by atoms with van der Waals surface area (Å²) in [6.07, 6.45) is 5.37. The highest BCUT2D eigenvalue weighted by Crippen LogP contribution is 2.28. The summed E-state index contributed by atoms with van der Waals surface area (Å²) in [6, 6.07) is 0. The molecule has 1 atom stereocenters. The first-order valence-electron chi connectivity index (χ1n) is 6.14. The normalized spacial score (nSPS) is 20.9. The van der Waals surface area contributed by atoms with Crippen molar-refractivity contribution in [3.8, 4) is 0 Å². The zero-order chi connectivity index (χ0) is 12.0. The van der Waals surface area contributed by atoms with Gasteiger partial charge in [-0.1, -0.05) is 19.8 Å². The quantitative estimate of drug-likeness (QED) is 0.723. The molecule has 1 aliphatic carbocycles. The maximum Gasteiger partial charge on any atom is 0.324 e. The summed E-state index contributed by atoms with van der Waals surface area (Å²) < 4.78 is 0. The molecule has 0 aliphatic heterocycles. The fourth-order valence-electron chi connectivity index (χ4n) is 2.19. The van der Waals surface area contributed by atoms with Gasteiger partial charge in [-0.3, -0.25) is 4.79 Å². The van der Waals surface area contributed by atoms with Crippen LogP contribution in [-0.2, 0) is 4.79 Å². The Morgan fingerprint density at radius 1 is 1.50 bits per heavy atom. The summed E-state index contributed by atoms with van der Waals surface area (Å²) in [5.41, 5.74) is -0.766. The van der Waals surface area contributed by atoms with Crippen LogP contribution in [0.4, 0.5) is 0 Å². The van der Waals surface area contributed by atoms with E-state index in [-0.39, 0.29) is 0 Å². The van der Waals surface area contributed by atoms with Gasteiger partial charge in [0.15, 0.2) is 0 Å². The second-order valence-electron chi connectivity index (χ2n) is 4.83. The lowest BCUT2D eigenvalue weighted by Gasteiger charge is -2.25. The molecule has 1 saturated carbocycles. The van der Waals surface area contributed by atoms with Gasteiger partial charge < -0.3 is 10.4 Å². The SMILES string of the molecule is CCNC(C)(CSCC1CCCC1)C(=O)O. The Morgan fingerprint density at radius 3 is 2.62 bits per heavy atom. The molecule has 16 heavy (non-hydrogen) atoms. The summed E-state index contributed by atoms with van der Waals surface area (Å²) in [5, 5.41) is 12.2. The second-order valence-corrected chi connectivity index (χ2v) is 5.86. The van der Waals surface area contributed by atoms with Gasteiger partial charge in [0, 0.05) is 5.75 Å². The number of carbonyl (C=O) groups is 1. The maximum atomic E-state index is 11.2. The van der Waals surface area contributed by atoms with E-state index in [1.54, 1.807) is 18.7 Å². The molecule has 1 rings (SSSR count). The molecule has 0 bridgehead atoms. The molecule has 0 aromatic heterocycles. The topological polar surface area (TPSA) is 49.3 Å². The lowest BCUT2D eigenvalue weighted by Crippen LogP contribution is -2.51. The van der Waals surface area contributed by atoms with Crippen LogP contribution in [0.3, 0.4) is 0 Å². The molecule has 0 aromatic carbocycles. The van der Waals surface area contributed by atoms with E-state index in [4.69, 9.17) is 0 Å². The molecule has 2 N–H and O–H groups in total. The van der Waals surface area contributed by atoms with Crippen molar-refractivity contribution in [2.75, 3.05) is 18.1 Å². The van der Waals surface area contributed by atoms with Crippen LogP contribution < -0.4 is 5.32 Å². The molecule has 4 heteroatoms. The minimum absolute atomic E-state index is 0.659. The third-order valence-electron chi connectivity index (χ3n) is 3.26. The summed E-state index contributed by atoms with van der Waals surface area (Å²) in [5.74, 6) is 1.86. The third-order valence-corrected chi connectivity index (χ3v) is 4.75. The molecule has 0 heterocycles. The Bertz CT molecular complexity index is 229. The lowest BCUT2D eigenvalue weighted by molar-refractivity contribution is -0.143. The minimum Gasteiger partial charge on any atom is -0.480 e. The Labute approximate surface area is 102 Å². The van der Waals surface area contributed by atoms with Gasteiger partial charge in [-0.05, 0) is 38.0 Å². The fourth-order valence-corrected chi connectivity index (χ4v) is 3.60. The van der Waals surface area contributed by atoms with Crippen molar-refractivity contribution in [3.05, 3.63) is 0 Å². The summed E-state index contributed by atoms with van der Waals surface area (Å²) in [7, 11) is 0. The zero-order valence-electron chi connectivity index (χ0n) is 10.3. The summed E-state index contributed by atoms with van der Waals surface area (Å²) in [4.78, 5) is 11.2. The number of hydrogen-bond donors (Lipinski definition) is 2. The number of carboxylic acid groups (broad SMARTS) is 1. The monoisotopic (exact) mass is 245 g/mol. The Kier molecular flexibility index (Phi) is 5.62. The molecular weight excluding hydrogens is 222 g/mol. The number of rotatable bonds is 7. The van der Waals surface area contributed by atoms with Crippen LogP contribution in [0.25, 0.3) is 0 Å². The van der Waals surface area contributed by atoms with Crippen molar-refractivity contribution in [3.63, 3.8) is 0 Å². The van der Waals surface area contributed by atoms with E-state index in [1.165, 1.54) is 25.7 Å². The zero-order valence-corrected chi connectivity index (χ0v) is 11.1. The van der Waals surface area contributed by atoms with Crippen LogP contribution >= 0.6 is 11.8 Å².